The normalized spacial score (nSPS) is 12.7. The highest BCUT2D eigenvalue weighted by Crippen LogP contribution is 2.09. The third-order valence-corrected chi connectivity index (χ3v) is 4.18. The van der Waals surface area contributed by atoms with Gasteiger partial charge in [-0.1, -0.05) is 12.1 Å². The van der Waals surface area contributed by atoms with Crippen molar-refractivity contribution in [3.8, 4) is 0 Å². The molecule has 0 aromatic heterocycles. The SMILES string of the molecule is CNS(=O)(=O)c1ccc(CNC(=O)N[C@@H](C)COC)cc1. The molecular weight excluding hydrogens is 294 g/mol. The van der Waals surface area contributed by atoms with Crippen molar-refractivity contribution >= 4 is 16.1 Å². The van der Waals surface area contributed by atoms with Gasteiger partial charge in [-0.3, -0.25) is 0 Å². The lowest BCUT2D eigenvalue weighted by atomic mass is 10.2. The Kier molecular flexibility index (Phi) is 6.60. The van der Waals surface area contributed by atoms with Gasteiger partial charge < -0.3 is 15.4 Å². The molecule has 0 saturated carbocycles. The summed E-state index contributed by atoms with van der Waals surface area (Å²) in [6, 6.07) is 5.92. The maximum absolute atomic E-state index is 11.6. The minimum absolute atomic E-state index is 0.0850. The number of amides is 2. The van der Waals surface area contributed by atoms with Gasteiger partial charge in [0.2, 0.25) is 10.0 Å². The number of carbonyl (C=O) groups is 1. The van der Waals surface area contributed by atoms with E-state index >= 15 is 0 Å². The van der Waals surface area contributed by atoms with Gasteiger partial charge in [-0.2, -0.15) is 0 Å². The van der Waals surface area contributed by atoms with Crippen molar-refractivity contribution in [1.82, 2.24) is 15.4 Å². The molecule has 1 aromatic carbocycles. The number of hydrogen-bond acceptors (Lipinski definition) is 4. The molecule has 0 aliphatic heterocycles. The number of sulfonamides is 1. The number of hydrogen-bond donors (Lipinski definition) is 3. The highest BCUT2D eigenvalue weighted by molar-refractivity contribution is 7.89. The van der Waals surface area contributed by atoms with Crippen LogP contribution < -0.4 is 15.4 Å². The number of benzene rings is 1. The van der Waals surface area contributed by atoms with Gasteiger partial charge in [0.1, 0.15) is 0 Å². The van der Waals surface area contributed by atoms with E-state index in [2.05, 4.69) is 15.4 Å². The lowest BCUT2D eigenvalue weighted by Gasteiger charge is -2.13. The quantitative estimate of drug-likeness (QED) is 0.680. The fraction of sp³-hybridized carbons (Fsp3) is 0.462. The number of rotatable bonds is 7. The van der Waals surface area contributed by atoms with E-state index in [1.54, 1.807) is 19.2 Å². The predicted molar refractivity (Wildman–Crippen MR) is 79.4 cm³/mol. The van der Waals surface area contributed by atoms with E-state index in [4.69, 9.17) is 4.74 Å². The highest BCUT2D eigenvalue weighted by atomic mass is 32.2. The van der Waals surface area contributed by atoms with Crippen molar-refractivity contribution < 1.29 is 17.9 Å². The summed E-state index contributed by atoms with van der Waals surface area (Å²) in [6.07, 6.45) is 0. The fourth-order valence-electron chi connectivity index (χ4n) is 1.65. The number of carbonyl (C=O) groups excluding carboxylic acids is 1. The van der Waals surface area contributed by atoms with Crippen LogP contribution in [0.25, 0.3) is 0 Å². The van der Waals surface area contributed by atoms with Crippen molar-refractivity contribution in [3.05, 3.63) is 29.8 Å². The second-order valence-corrected chi connectivity index (χ2v) is 6.42. The number of ether oxygens (including phenoxy) is 1. The van der Waals surface area contributed by atoms with Crippen molar-refractivity contribution in [2.45, 2.75) is 24.4 Å². The van der Waals surface area contributed by atoms with Crippen LogP contribution in [0.15, 0.2) is 29.2 Å². The van der Waals surface area contributed by atoms with Crippen molar-refractivity contribution in [3.63, 3.8) is 0 Å². The Hall–Kier alpha value is -1.64. The van der Waals surface area contributed by atoms with E-state index in [9.17, 15) is 13.2 Å². The van der Waals surface area contributed by atoms with E-state index < -0.39 is 10.0 Å². The second kappa shape index (κ2) is 7.96. The average Bonchev–Trinajstić information content (AvgIpc) is 2.45. The summed E-state index contributed by atoms with van der Waals surface area (Å²) >= 11 is 0. The van der Waals surface area contributed by atoms with E-state index in [0.717, 1.165) is 5.56 Å². The van der Waals surface area contributed by atoms with Gasteiger partial charge in [0, 0.05) is 13.7 Å². The van der Waals surface area contributed by atoms with Crippen LogP contribution in [0.2, 0.25) is 0 Å². The molecule has 1 aromatic rings. The first-order valence-electron chi connectivity index (χ1n) is 6.45. The Labute approximate surface area is 125 Å². The topological polar surface area (TPSA) is 96.5 Å². The van der Waals surface area contributed by atoms with Crippen molar-refractivity contribution in [2.75, 3.05) is 20.8 Å². The van der Waals surface area contributed by atoms with E-state index in [1.165, 1.54) is 19.2 Å². The van der Waals surface area contributed by atoms with Gasteiger partial charge >= 0.3 is 6.03 Å². The van der Waals surface area contributed by atoms with Crippen LogP contribution in [-0.4, -0.2) is 41.3 Å². The second-order valence-electron chi connectivity index (χ2n) is 4.53. The number of methoxy groups -OCH3 is 1. The van der Waals surface area contributed by atoms with E-state index in [-0.39, 0.29) is 17.0 Å². The van der Waals surface area contributed by atoms with Gasteiger partial charge in [0.15, 0.2) is 0 Å². The lowest BCUT2D eigenvalue weighted by molar-refractivity contribution is 0.171. The third-order valence-electron chi connectivity index (χ3n) is 2.75. The van der Waals surface area contributed by atoms with Crippen LogP contribution >= 0.6 is 0 Å². The predicted octanol–water partition coefficient (Wildman–Crippen LogP) is 0.429. The van der Waals surface area contributed by atoms with E-state index in [1.807, 2.05) is 6.92 Å². The first-order chi connectivity index (χ1) is 9.89. The zero-order valence-corrected chi connectivity index (χ0v) is 13.2. The third kappa shape index (κ3) is 5.70. The van der Waals surface area contributed by atoms with Crippen LogP contribution in [0.3, 0.4) is 0 Å². The molecule has 0 spiro atoms. The molecule has 0 fully saturated rings. The monoisotopic (exact) mass is 315 g/mol. The molecule has 3 N–H and O–H groups in total. The molecule has 0 aliphatic rings. The molecule has 0 aliphatic carbocycles. The minimum atomic E-state index is -3.43. The molecule has 0 radical (unpaired) electrons. The van der Waals surface area contributed by atoms with Crippen molar-refractivity contribution in [2.24, 2.45) is 0 Å². The molecule has 1 atom stereocenters. The van der Waals surface area contributed by atoms with Crippen LogP contribution in [0.5, 0.6) is 0 Å². The van der Waals surface area contributed by atoms with Gasteiger partial charge in [-0.05, 0) is 31.7 Å². The average molecular weight is 315 g/mol. The summed E-state index contributed by atoms with van der Waals surface area (Å²) in [6.45, 7) is 2.58. The van der Waals surface area contributed by atoms with E-state index in [0.29, 0.717) is 13.2 Å². The largest absolute Gasteiger partial charge is 0.383 e. The minimum Gasteiger partial charge on any atom is -0.383 e. The molecular formula is C13H21N3O4S. The lowest BCUT2D eigenvalue weighted by Crippen LogP contribution is -2.42. The molecule has 0 heterocycles. The maximum Gasteiger partial charge on any atom is 0.315 e. The number of urea groups is 1. The smallest absolute Gasteiger partial charge is 0.315 e. The Bertz CT molecular complexity index is 557. The fourth-order valence-corrected chi connectivity index (χ4v) is 2.38. The molecule has 0 bridgehead atoms. The molecule has 118 valence electrons. The molecule has 0 saturated heterocycles. The molecule has 8 heteroatoms. The first-order valence-corrected chi connectivity index (χ1v) is 7.93. The summed E-state index contributed by atoms with van der Waals surface area (Å²) in [5, 5.41) is 5.40. The molecule has 1 rings (SSSR count). The van der Waals surface area contributed by atoms with Crippen molar-refractivity contribution in [1.29, 1.82) is 0 Å². The summed E-state index contributed by atoms with van der Waals surface area (Å²) in [7, 11) is -0.508. The number of nitrogens with one attached hydrogen (secondary N) is 3. The van der Waals surface area contributed by atoms with Gasteiger partial charge in [0.05, 0.1) is 17.5 Å². The molecule has 0 unspecified atom stereocenters. The van der Waals surface area contributed by atoms with Crippen LogP contribution in [0.4, 0.5) is 4.79 Å². The molecule has 7 nitrogen and oxygen atoms in total. The molecule has 2 amide bonds. The Morgan fingerprint density at radius 1 is 1.29 bits per heavy atom. The van der Waals surface area contributed by atoms with Gasteiger partial charge in [-0.15, -0.1) is 0 Å². The van der Waals surface area contributed by atoms with Crippen LogP contribution in [-0.2, 0) is 21.3 Å². The zero-order valence-electron chi connectivity index (χ0n) is 12.3. The maximum atomic E-state index is 11.6. The summed E-state index contributed by atoms with van der Waals surface area (Å²) < 4.78 is 30.3. The zero-order chi connectivity index (χ0) is 15.9. The summed E-state index contributed by atoms with van der Waals surface area (Å²) in [4.78, 5) is 11.8. The van der Waals surface area contributed by atoms with Gasteiger partial charge in [-0.25, -0.2) is 17.9 Å². The van der Waals surface area contributed by atoms with Gasteiger partial charge in [0.25, 0.3) is 0 Å². The first kappa shape index (κ1) is 17.4. The van der Waals surface area contributed by atoms with Crippen LogP contribution in [0, 0.1) is 0 Å². The Balaban J connectivity index is 2.52. The standard InChI is InChI=1S/C13H21N3O4S/c1-10(9-20-3)16-13(17)15-8-11-4-6-12(7-5-11)21(18,19)14-2/h4-7,10,14H,8-9H2,1-3H3,(H2,15,16,17)/t10-/m0/s1. The Morgan fingerprint density at radius 2 is 1.90 bits per heavy atom. The molecule has 21 heavy (non-hydrogen) atoms. The Morgan fingerprint density at radius 3 is 2.43 bits per heavy atom. The van der Waals surface area contributed by atoms with Crippen LogP contribution in [0.1, 0.15) is 12.5 Å². The summed E-state index contributed by atoms with van der Waals surface area (Å²) in [5.74, 6) is 0. The summed E-state index contributed by atoms with van der Waals surface area (Å²) in [5.41, 5.74) is 0.805. The highest BCUT2D eigenvalue weighted by Gasteiger charge is 2.11.